The van der Waals surface area contributed by atoms with Crippen molar-refractivity contribution in [1.29, 1.82) is 5.26 Å². The van der Waals surface area contributed by atoms with Crippen LogP contribution in [0.3, 0.4) is 0 Å². The van der Waals surface area contributed by atoms with Gasteiger partial charge in [-0.2, -0.15) is 5.26 Å². The van der Waals surface area contributed by atoms with Gasteiger partial charge in [-0.05, 0) is 42.2 Å². The number of carbonyl (C=O) groups excluding carboxylic acids is 1. The minimum Gasteiger partial charge on any atom is -0.335 e. The van der Waals surface area contributed by atoms with Gasteiger partial charge in [0.25, 0.3) is 0 Å². The molecule has 0 spiro atoms. The maximum Gasteiger partial charge on any atom is 0.315 e. The second kappa shape index (κ2) is 6.49. The van der Waals surface area contributed by atoms with E-state index >= 15 is 0 Å². The highest BCUT2D eigenvalue weighted by molar-refractivity contribution is 5.74. The summed E-state index contributed by atoms with van der Waals surface area (Å²) in [6.07, 6.45) is 1.61. The van der Waals surface area contributed by atoms with Crippen molar-refractivity contribution < 1.29 is 9.18 Å². The second-order valence-electron chi connectivity index (χ2n) is 5.62. The molecule has 0 fully saturated rings. The van der Waals surface area contributed by atoms with Gasteiger partial charge in [0.15, 0.2) is 0 Å². The molecule has 0 saturated carbocycles. The molecule has 0 unspecified atom stereocenters. The molecule has 0 saturated heterocycles. The van der Waals surface area contributed by atoms with Crippen LogP contribution in [-0.4, -0.2) is 12.1 Å². The molecule has 2 amide bonds. The molecule has 0 radical (unpaired) electrons. The van der Waals surface area contributed by atoms with E-state index in [0.717, 1.165) is 12.8 Å². The lowest BCUT2D eigenvalue weighted by molar-refractivity contribution is 0.237. The van der Waals surface area contributed by atoms with Crippen LogP contribution >= 0.6 is 0 Å². The maximum absolute atomic E-state index is 13.7. The van der Waals surface area contributed by atoms with Crippen LogP contribution in [0, 0.1) is 17.1 Å². The third-order valence-electron chi connectivity index (χ3n) is 4.00. The van der Waals surface area contributed by atoms with Gasteiger partial charge in [-0.25, -0.2) is 9.18 Å². The summed E-state index contributed by atoms with van der Waals surface area (Å²) >= 11 is 0. The summed E-state index contributed by atoms with van der Waals surface area (Å²) in [7, 11) is 0. The summed E-state index contributed by atoms with van der Waals surface area (Å²) in [6, 6.07) is 13.9. The summed E-state index contributed by atoms with van der Waals surface area (Å²) in [5.74, 6) is -0.433. The van der Waals surface area contributed by atoms with Crippen molar-refractivity contribution in [2.75, 3.05) is 0 Å². The third-order valence-corrected chi connectivity index (χ3v) is 4.00. The van der Waals surface area contributed by atoms with Gasteiger partial charge in [0, 0.05) is 18.2 Å². The van der Waals surface area contributed by atoms with E-state index in [1.807, 2.05) is 18.2 Å². The van der Waals surface area contributed by atoms with Crippen LogP contribution in [0.25, 0.3) is 0 Å². The second-order valence-corrected chi connectivity index (χ2v) is 5.62. The van der Waals surface area contributed by atoms with Gasteiger partial charge in [0.2, 0.25) is 0 Å². The molecule has 23 heavy (non-hydrogen) atoms. The van der Waals surface area contributed by atoms with E-state index in [1.54, 1.807) is 0 Å². The van der Waals surface area contributed by atoms with Crippen molar-refractivity contribution in [3.05, 3.63) is 70.5 Å². The Balaban J connectivity index is 1.54. The molecule has 5 heteroatoms. The minimum atomic E-state index is -0.433. The molecule has 1 aliphatic carbocycles. The number of halogens is 1. The molecule has 1 aliphatic rings. The number of nitrogens with zero attached hydrogens (tertiary/aromatic N) is 1. The highest BCUT2D eigenvalue weighted by atomic mass is 19.1. The molecular weight excluding hydrogens is 293 g/mol. The molecule has 2 aromatic carbocycles. The Kier molecular flexibility index (Phi) is 4.24. The SMILES string of the molecule is N#Cc1ccc(F)c(CNC(=O)NC2Cc3ccccc3C2)c1. The number of hydrogen-bond acceptors (Lipinski definition) is 2. The zero-order chi connectivity index (χ0) is 16.2. The van der Waals surface area contributed by atoms with Crippen molar-refractivity contribution in [1.82, 2.24) is 10.6 Å². The van der Waals surface area contributed by atoms with E-state index in [-0.39, 0.29) is 18.6 Å². The number of carbonyl (C=O) groups is 1. The Morgan fingerprint density at radius 3 is 2.57 bits per heavy atom. The molecule has 4 nitrogen and oxygen atoms in total. The van der Waals surface area contributed by atoms with Crippen LogP contribution < -0.4 is 10.6 Å². The Hall–Kier alpha value is -2.87. The first-order valence-electron chi connectivity index (χ1n) is 7.45. The molecule has 0 aliphatic heterocycles. The molecule has 2 aromatic rings. The summed E-state index contributed by atoms with van der Waals surface area (Å²) in [5.41, 5.74) is 3.18. The molecule has 2 N–H and O–H groups in total. The van der Waals surface area contributed by atoms with E-state index in [4.69, 9.17) is 5.26 Å². The summed E-state index contributed by atoms with van der Waals surface area (Å²) in [6.45, 7) is 0.0485. The Morgan fingerprint density at radius 1 is 1.22 bits per heavy atom. The zero-order valence-corrected chi connectivity index (χ0v) is 12.5. The van der Waals surface area contributed by atoms with Gasteiger partial charge in [-0.1, -0.05) is 24.3 Å². The average molecular weight is 309 g/mol. The summed E-state index contributed by atoms with van der Waals surface area (Å²) < 4.78 is 13.7. The first-order valence-corrected chi connectivity index (χ1v) is 7.45. The van der Waals surface area contributed by atoms with Gasteiger partial charge < -0.3 is 10.6 Å². The van der Waals surface area contributed by atoms with Crippen LogP contribution in [0.2, 0.25) is 0 Å². The van der Waals surface area contributed by atoms with Gasteiger partial charge in [0.05, 0.1) is 11.6 Å². The smallest absolute Gasteiger partial charge is 0.315 e. The molecular formula is C18H16FN3O. The predicted molar refractivity (Wildman–Crippen MR) is 84.1 cm³/mol. The fourth-order valence-corrected chi connectivity index (χ4v) is 2.85. The lowest BCUT2D eigenvalue weighted by Crippen LogP contribution is -2.42. The first kappa shape index (κ1) is 15.0. The number of rotatable bonds is 3. The maximum atomic E-state index is 13.7. The number of amides is 2. The van der Waals surface area contributed by atoms with E-state index in [2.05, 4.69) is 22.8 Å². The highest BCUT2D eigenvalue weighted by Crippen LogP contribution is 2.21. The number of benzene rings is 2. The van der Waals surface area contributed by atoms with E-state index in [0.29, 0.717) is 11.1 Å². The number of fused-ring (bicyclic) bond motifs is 1. The summed E-state index contributed by atoms with van der Waals surface area (Å²) in [5, 5.41) is 14.4. The molecule has 0 aromatic heterocycles. The number of nitriles is 1. The van der Waals surface area contributed by atoms with Crippen LogP contribution in [0.15, 0.2) is 42.5 Å². The molecule has 0 bridgehead atoms. The van der Waals surface area contributed by atoms with Crippen LogP contribution in [-0.2, 0) is 19.4 Å². The van der Waals surface area contributed by atoms with Crippen LogP contribution in [0.5, 0.6) is 0 Å². The van der Waals surface area contributed by atoms with Gasteiger partial charge in [0.1, 0.15) is 5.82 Å². The van der Waals surface area contributed by atoms with Gasteiger partial charge >= 0.3 is 6.03 Å². The minimum absolute atomic E-state index is 0.0485. The fourth-order valence-electron chi connectivity index (χ4n) is 2.85. The number of urea groups is 1. The lowest BCUT2D eigenvalue weighted by Gasteiger charge is -2.13. The third kappa shape index (κ3) is 3.49. The molecule has 116 valence electrons. The largest absolute Gasteiger partial charge is 0.335 e. The quantitative estimate of drug-likeness (QED) is 0.915. The number of hydrogen-bond donors (Lipinski definition) is 2. The van der Waals surface area contributed by atoms with Crippen molar-refractivity contribution in [2.24, 2.45) is 0 Å². The lowest BCUT2D eigenvalue weighted by atomic mass is 10.1. The standard InChI is InChI=1S/C18H16FN3O/c19-17-6-5-12(10-20)7-15(17)11-21-18(23)22-16-8-13-3-1-2-4-14(13)9-16/h1-7,16H,8-9,11H2,(H2,21,22,23). The Morgan fingerprint density at radius 2 is 1.91 bits per heavy atom. The van der Waals surface area contributed by atoms with Crippen molar-refractivity contribution >= 4 is 6.03 Å². The Bertz CT molecular complexity index is 757. The summed E-state index contributed by atoms with van der Waals surface area (Å²) in [4.78, 5) is 12.0. The fraction of sp³-hybridized carbons (Fsp3) is 0.222. The molecule has 3 rings (SSSR count). The average Bonchev–Trinajstić information content (AvgIpc) is 2.96. The van der Waals surface area contributed by atoms with E-state index in [1.165, 1.54) is 29.3 Å². The van der Waals surface area contributed by atoms with Gasteiger partial charge in [-0.3, -0.25) is 0 Å². The van der Waals surface area contributed by atoms with E-state index < -0.39 is 5.82 Å². The Labute approximate surface area is 133 Å². The topological polar surface area (TPSA) is 64.9 Å². The van der Waals surface area contributed by atoms with E-state index in [9.17, 15) is 9.18 Å². The predicted octanol–water partition coefficient (Wildman–Crippen LogP) is 2.66. The molecule has 0 atom stereocenters. The number of nitrogens with one attached hydrogen (secondary N) is 2. The highest BCUT2D eigenvalue weighted by Gasteiger charge is 2.22. The zero-order valence-electron chi connectivity index (χ0n) is 12.5. The first-order chi connectivity index (χ1) is 11.2. The van der Waals surface area contributed by atoms with Gasteiger partial charge in [-0.15, -0.1) is 0 Å². The van der Waals surface area contributed by atoms with Crippen LogP contribution in [0.4, 0.5) is 9.18 Å². The van der Waals surface area contributed by atoms with Crippen molar-refractivity contribution in [2.45, 2.75) is 25.4 Å². The normalized spacial score (nSPS) is 13.2. The molecule has 0 heterocycles. The van der Waals surface area contributed by atoms with Crippen LogP contribution in [0.1, 0.15) is 22.3 Å². The van der Waals surface area contributed by atoms with Crippen molar-refractivity contribution in [3.63, 3.8) is 0 Å². The van der Waals surface area contributed by atoms with Crippen molar-refractivity contribution in [3.8, 4) is 6.07 Å². The monoisotopic (exact) mass is 309 g/mol.